The molecule has 0 heterocycles. The summed E-state index contributed by atoms with van der Waals surface area (Å²) < 4.78 is 0. The topological polar surface area (TPSA) is 77.8 Å². The van der Waals surface area contributed by atoms with Crippen molar-refractivity contribution in [3.63, 3.8) is 0 Å². The Morgan fingerprint density at radius 1 is 0.846 bits per heavy atom. The van der Waals surface area contributed by atoms with Gasteiger partial charge in [0.25, 0.3) is 0 Å². The molecule has 2 aromatic rings. The van der Waals surface area contributed by atoms with E-state index in [0.717, 1.165) is 22.3 Å². The molecule has 0 amide bonds. The summed E-state index contributed by atoms with van der Waals surface area (Å²) in [5.74, 6) is -1.07. The number of hydrogen-bond donors (Lipinski definition) is 3. The quantitative estimate of drug-likeness (QED) is 0.724. The molecule has 0 fully saturated rings. The Bertz CT molecular complexity index is 801. The van der Waals surface area contributed by atoms with E-state index in [2.05, 4.69) is 41.5 Å². The molecular formula is C22H28O4. The second kappa shape index (κ2) is 6.67. The van der Waals surface area contributed by atoms with Crippen molar-refractivity contribution in [1.29, 1.82) is 0 Å². The van der Waals surface area contributed by atoms with E-state index in [4.69, 9.17) is 0 Å². The molecule has 0 aliphatic carbocycles. The Hall–Kier alpha value is -2.49. The molecule has 0 saturated carbocycles. The number of aromatic carboxylic acids is 1. The van der Waals surface area contributed by atoms with Gasteiger partial charge in [0.05, 0.1) is 0 Å². The second-order valence-electron chi connectivity index (χ2n) is 8.87. The van der Waals surface area contributed by atoms with Crippen LogP contribution in [0.25, 0.3) is 0 Å². The summed E-state index contributed by atoms with van der Waals surface area (Å²) in [6.07, 6.45) is 0.521. The van der Waals surface area contributed by atoms with Gasteiger partial charge < -0.3 is 15.3 Å². The molecule has 0 atom stereocenters. The molecular weight excluding hydrogens is 328 g/mol. The number of phenolic OH excluding ortho intramolecular Hbond substituents is 1. The standard InChI is InChI=1S/C22H28O4/c1-21(2,3)16-11-14(12-17(19(16)24)22(4,5)6)9-13-7-8-18(23)15(10-13)20(25)26/h7-8,10-12,23-24H,9H2,1-6H3,(H,25,26). The first-order chi connectivity index (χ1) is 11.8. The number of carbonyl (C=O) groups is 1. The van der Waals surface area contributed by atoms with E-state index in [-0.39, 0.29) is 22.1 Å². The molecule has 4 nitrogen and oxygen atoms in total. The van der Waals surface area contributed by atoms with E-state index in [9.17, 15) is 20.1 Å². The van der Waals surface area contributed by atoms with Gasteiger partial charge in [-0.2, -0.15) is 0 Å². The zero-order valence-corrected chi connectivity index (χ0v) is 16.3. The van der Waals surface area contributed by atoms with Crippen LogP contribution in [-0.4, -0.2) is 21.3 Å². The Morgan fingerprint density at radius 2 is 1.35 bits per heavy atom. The highest BCUT2D eigenvalue weighted by Crippen LogP contribution is 2.40. The maximum absolute atomic E-state index is 11.2. The molecule has 140 valence electrons. The van der Waals surface area contributed by atoms with Crippen LogP contribution in [0.1, 0.15) is 74.2 Å². The van der Waals surface area contributed by atoms with Gasteiger partial charge in [-0.15, -0.1) is 0 Å². The maximum atomic E-state index is 11.2. The fraction of sp³-hybridized carbons (Fsp3) is 0.409. The highest BCUT2D eigenvalue weighted by Gasteiger charge is 2.26. The van der Waals surface area contributed by atoms with Gasteiger partial charge in [-0.05, 0) is 51.6 Å². The first-order valence-corrected chi connectivity index (χ1v) is 8.72. The molecule has 2 aromatic carbocycles. The van der Waals surface area contributed by atoms with Crippen LogP contribution in [0.3, 0.4) is 0 Å². The summed E-state index contributed by atoms with van der Waals surface area (Å²) in [4.78, 5) is 11.2. The zero-order valence-electron chi connectivity index (χ0n) is 16.3. The summed E-state index contributed by atoms with van der Waals surface area (Å²) in [6.45, 7) is 12.3. The van der Waals surface area contributed by atoms with Gasteiger partial charge in [-0.3, -0.25) is 0 Å². The summed E-state index contributed by atoms with van der Waals surface area (Å²) >= 11 is 0. The molecule has 4 heteroatoms. The molecule has 26 heavy (non-hydrogen) atoms. The number of carboxylic acids is 1. The van der Waals surface area contributed by atoms with Crippen molar-refractivity contribution in [2.45, 2.75) is 58.8 Å². The predicted molar refractivity (Wildman–Crippen MR) is 103 cm³/mol. The molecule has 0 spiro atoms. The fourth-order valence-corrected chi connectivity index (χ4v) is 3.04. The minimum atomic E-state index is -1.15. The van der Waals surface area contributed by atoms with Crippen molar-refractivity contribution in [2.75, 3.05) is 0 Å². The third-order valence-electron chi connectivity index (χ3n) is 4.49. The van der Waals surface area contributed by atoms with Crippen LogP contribution in [0.5, 0.6) is 11.5 Å². The molecule has 2 rings (SSSR count). The number of carboxylic acid groups (broad SMARTS) is 1. The van der Waals surface area contributed by atoms with E-state index in [1.165, 1.54) is 12.1 Å². The monoisotopic (exact) mass is 356 g/mol. The molecule has 0 aliphatic heterocycles. The van der Waals surface area contributed by atoms with E-state index in [0.29, 0.717) is 12.2 Å². The van der Waals surface area contributed by atoms with Crippen LogP contribution in [0.15, 0.2) is 30.3 Å². The molecule has 0 saturated heterocycles. The van der Waals surface area contributed by atoms with Crippen molar-refractivity contribution in [3.05, 3.63) is 58.1 Å². The summed E-state index contributed by atoms with van der Waals surface area (Å²) in [6, 6.07) is 8.60. The minimum Gasteiger partial charge on any atom is -0.507 e. The van der Waals surface area contributed by atoms with E-state index in [1.807, 2.05) is 12.1 Å². The van der Waals surface area contributed by atoms with Gasteiger partial charge in [-0.1, -0.05) is 59.7 Å². The SMILES string of the molecule is CC(C)(C)c1cc(Cc2ccc(O)c(C(=O)O)c2)cc(C(C)(C)C)c1O. The van der Waals surface area contributed by atoms with E-state index < -0.39 is 5.97 Å². The number of aromatic hydroxyl groups is 2. The Morgan fingerprint density at radius 3 is 1.77 bits per heavy atom. The van der Waals surface area contributed by atoms with Crippen molar-refractivity contribution >= 4 is 5.97 Å². The Kier molecular flexibility index (Phi) is 5.09. The molecule has 0 radical (unpaired) electrons. The van der Waals surface area contributed by atoms with Crippen LogP contribution in [-0.2, 0) is 17.3 Å². The average Bonchev–Trinajstić information content (AvgIpc) is 2.48. The number of rotatable bonds is 3. The van der Waals surface area contributed by atoms with Gasteiger partial charge in [0.1, 0.15) is 17.1 Å². The van der Waals surface area contributed by atoms with Gasteiger partial charge in [0.2, 0.25) is 0 Å². The summed E-state index contributed by atoms with van der Waals surface area (Å²) in [7, 11) is 0. The largest absolute Gasteiger partial charge is 0.507 e. The fourth-order valence-electron chi connectivity index (χ4n) is 3.04. The van der Waals surface area contributed by atoms with Gasteiger partial charge in [0, 0.05) is 0 Å². The van der Waals surface area contributed by atoms with Gasteiger partial charge >= 0.3 is 5.97 Å². The van der Waals surface area contributed by atoms with Gasteiger partial charge in [0.15, 0.2) is 0 Å². The number of phenols is 2. The van der Waals surface area contributed by atoms with Crippen molar-refractivity contribution in [3.8, 4) is 11.5 Å². The predicted octanol–water partition coefficient (Wildman–Crippen LogP) is 4.98. The lowest BCUT2D eigenvalue weighted by atomic mass is 9.78. The van der Waals surface area contributed by atoms with Crippen molar-refractivity contribution < 1.29 is 20.1 Å². The summed E-state index contributed by atoms with van der Waals surface area (Å²) in [5.41, 5.74) is 3.00. The van der Waals surface area contributed by atoms with Crippen LogP contribution in [0, 0.1) is 0 Å². The highest BCUT2D eigenvalue weighted by atomic mass is 16.4. The molecule has 0 aromatic heterocycles. The maximum Gasteiger partial charge on any atom is 0.339 e. The first kappa shape index (κ1) is 19.8. The smallest absolute Gasteiger partial charge is 0.339 e. The second-order valence-corrected chi connectivity index (χ2v) is 8.87. The van der Waals surface area contributed by atoms with E-state index >= 15 is 0 Å². The van der Waals surface area contributed by atoms with Crippen LogP contribution in [0.2, 0.25) is 0 Å². The average molecular weight is 356 g/mol. The Balaban J connectivity index is 2.57. The Labute approximate surface area is 155 Å². The van der Waals surface area contributed by atoms with Crippen LogP contribution in [0.4, 0.5) is 0 Å². The minimum absolute atomic E-state index is 0.103. The first-order valence-electron chi connectivity index (χ1n) is 8.72. The lowest BCUT2D eigenvalue weighted by Gasteiger charge is -2.28. The molecule has 3 N–H and O–H groups in total. The van der Waals surface area contributed by atoms with Crippen molar-refractivity contribution in [1.82, 2.24) is 0 Å². The lowest BCUT2D eigenvalue weighted by molar-refractivity contribution is 0.0693. The van der Waals surface area contributed by atoms with E-state index in [1.54, 1.807) is 6.07 Å². The number of benzene rings is 2. The normalized spacial score (nSPS) is 12.2. The van der Waals surface area contributed by atoms with Crippen LogP contribution < -0.4 is 0 Å². The zero-order chi connectivity index (χ0) is 19.9. The van der Waals surface area contributed by atoms with Crippen LogP contribution >= 0.6 is 0 Å². The molecule has 0 unspecified atom stereocenters. The number of hydrogen-bond acceptors (Lipinski definition) is 3. The molecule has 0 bridgehead atoms. The van der Waals surface area contributed by atoms with Gasteiger partial charge in [-0.25, -0.2) is 4.79 Å². The van der Waals surface area contributed by atoms with Crippen molar-refractivity contribution in [2.24, 2.45) is 0 Å². The third kappa shape index (κ3) is 4.18. The third-order valence-corrected chi connectivity index (χ3v) is 4.49. The molecule has 0 aliphatic rings. The summed E-state index contributed by atoms with van der Waals surface area (Å²) in [5, 5.41) is 29.7. The highest BCUT2D eigenvalue weighted by molar-refractivity contribution is 5.90. The lowest BCUT2D eigenvalue weighted by Crippen LogP contribution is -2.18.